The quantitative estimate of drug-likeness (QED) is 0.478. The predicted molar refractivity (Wildman–Crippen MR) is 76.7 cm³/mol. The average Bonchev–Trinajstić information content (AvgIpc) is 2.35. The van der Waals surface area contributed by atoms with Gasteiger partial charge in [0.2, 0.25) is 6.10 Å². The predicted octanol–water partition coefficient (Wildman–Crippen LogP) is 2.28. The molecule has 1 unspecified atom stereocenters. The largest absolute Gasteiger partial charge is 0.421 e. The molecule has 0 aliphatic rings. The molecule has 0 aliphatic carbocycles. The van der Waals surface area contributed by atoms with Crippen molar-refractivity contribution >= 4 is 10.1 Å². The van der Waals surface area contributed by atoms with Gasteiger partial charge in [-0.25, -0.2) is 0 Å². The highest BCUT2D eigenvalue weighted by Crippen LogP contribution is 2.35. The number of hydrogen-bond donors (Lipinski definition) is 2. The highest BCUT2D eigenvalue weighted by molar-refractivity contribution is 7.86. The molecule has 0 spiro atoms. The van der Waals surface area contributed by atoms with Gasteiger partial charge < -0.3 is 9.59 Å². The summed E-state index contributed by atoms with van der Waals surface area (Å²) in [5.74, 6) is 0. The van der Waals surface area contributed by atoms with E-state index in [-0.39, 0.29) is 0 Å². The molecule has 0 saturated heterocycles. The number of rotatable bonds is 4. The molecule has 0 fully saturated rings. The Morgan fingerprint density at radius 1 is 1.04 bits per heavy atom. The second-order valence-electron chi connectivity index (χ2n) is 5.92. The monoisotopic (exact) mass is 380 g/mol. The maximum absolute atomic E-state index is 12.0. The van der Waals surface area contributed by atoms with E-state index in [0.29, 0.717) is 0 Å². The molecule has 0 heterocycles. The number of aliphatic hydroxyl groups excluding tert-OH is 1. The Morgan fingerprint density at radius 3 is 1.71 bits per heavy atom. The fraction of sp³-hybridized carbons (Fsp3) is 0.538. The van der Waals surface area contributed by atoms with Crippen molar-refractivity contribution < 1.29 is 44.5 Å². The maximum Gasteiger partial charge on any atom is 0.421 e. The van der Waals surface area contributed by atoms with E-state index in [1.54, 1.807) is 0 Å². The second-order valence-corrected chi connectivity index (χ2v) is 7.41. The summed E-state index contributed by atoms with van der Waals surface area (Å²) in [6.45, 7) is 1.10. The Labute approximate surface area is 136 Å². The molecule has 1 rings (SSSR count). The van der Waals surface area contributed by atoms with Crippen molar-refractivity contribution in [3.8, 4) is 0 Å². The Balaban J connectivity index is 0.000000446. The van der Waals surface area contributed by atoms with E-state index >= 15 is 0 Å². The molecule has 1 atom stereocenters. The lowest BCUT2D eigenvalue weighted by Crippen LogP contribution is -2.49. The van der Waals surface area contributed by atoms with Gasteiger partial charge in [0.25, 0.3) is 0 Å². The standard InChI is InChI=1S/C10H16N.C3H3F5O4S/c1-11(2,3)9-10-7-5-4-6-8-10;4-2(5,6)1(9)3(7,8)13(10,11)12/h4-8H,9H2,1-3H3;1,9H,(H,10,11,12)/q+1;. The van der Waals surface area contributed by atoms with Crippen LogP contribution in [0.5, 0.6) is 0 Å². The Kier molecular flexibility index (Phi) is 7.30. The number of aliphatic hydroxyl groups is 1. The molecule has 0 amide bonds. The molecular weight excluding hydrogens is 361 g/mol. The molecule has 24 heavy (non-hydrogen) atoms. The van der Waals surface area contributed by atoms with Gasteiger partial charge in [0.1, 0.15) is 6.54 Å². The van der Waals surface area contributed by atoms with E-state index in [2.05, 4.69) is 51.5 Å². The Morgan fingerprint density at radius 2 is 1.46 bits per heavy atom. The Bertz CT molecular complexity index is 611. The van der Waals surface area contributed by atoms with Crippen molar-refractivity contribution in [1.82, 2.24) is 0 Å². The van der Waals surface area contributed by atoms with Crippen molar-refractivity contribution in [3.63, 3.8) is 0 Å². The molecule has 1 aromatic carbocycles. The number of quaternary nitrogens is 1. The van der Waals surface area contributed by atoms with Crippen LogP contribution in [0.1, 0.15) is 5.56 Å². The third-order valence-electron chi connectivity index (χ3n) is 2.47. The second kappa shape index (κ2) is 7.72. The minimum absolute atomic E-state index is 0.990. The topological polar surface area (TPSA) is 74.6 Å². The van der Waals surface area contributed by atoms with E-state index in [9.17, 15) is 30.4 Å². The SMILES string of the molecule is C[N+](C)(C)Cc1ccccc1.O=S(=O)(O)C(F)(F)C(O)C(F)(F)F. The molecule has 0 aromatic heterocycles. The summed E-state index contributed by atoms with van der Waals surface area (Å²) in [4.78, 5) is 0. The fourth-order valence-corrected chi connectivity index (χ4v) is 1.88. The van der Waals surface area contributed by atoms with Gasteiger partial charge in [0, 0.05) is 5.56 Å². The smallest absolute Gasteiger partial charge is 0.378 e. The summed E-state index contributed by atoms with van der Waals surface area (Å²) < 4.78 is 86.1. The Hall–Kier alpha value is -1.30. The van der Waals surface area contributed by atoms with Gasteiger partial charge in [-0.1, -0.05) is 30.3 Å². The van der Waals surface area contributed by atoms with E-state index in [1.165, 1.54) is 5.56 Å². The summed E-state index contributed by atoms with van der Waals surface area (Å²) in [6, 6.07) is 10.6. The van der Waals surface area contributed by atoms with Gasteiger partial charge in [0.05, 0.1) is 21.1 Å². The fourth-order valence-electron chi connectivity index (χ4n) is 1.46. The van der Waals surface area contributed by atoms with Gasteiger partial charge in [-0.05, 0) is 0 Å². The molecule has 0 aliphatic heterocycles. The van der Waals surface area contributed by atoms with Crippen LogP contribution in [-0.4, -0.2) is 61.2 Å². The van der Waals surface area contributed by atoms with E-state index < -0.39 is 27.7 Å². The van der Waals surface area contributed by atoms with Crippen LogP contribution in [0, 0.1) is 0 Å². The first-order valence-corrected chi connectivity index (χ1v) is 7.86. The first-order chi connectivity index (χ1) is 10.5. The lowest BCUT2D eigenvalue weighted by Gasteiger charge is -2.23. The van der Waals surface area contributed by atoms with E-state index in [1.807, 2.05) is 0 Å². The molecule has 0 radical (unpaired) electrons. The van der Waals surface area contributed by atoms with Gasteiger partial charge in [-0.2, -0.15) is 30.4 Å². The highest BCUT2D eigenvalue weighted by Gasteiger charge is 2.62. The zero-order valence-corrected chi connectivity index (χ0v) is 13.9. The first-order valence-electron chi connectivity index (χ1n) is 6.42. The van der Waals surface area contributed by atoms with Crippen LogP contribution >= 0.6 is 0 Å². The zero-order chi connectivity index (χ0) is 19.4. The van der Waals surface area contributed by atoms with E-state index in [0.717, 1.165) is 11.0 Å². The average molecular weight is 380 g/mol. The van der Waals surface area contributed by atoms with Crippen LogP contribution in [-0.2, 0) is 16.7 Å². The number of halogens is 5. The summed E-state index contributed by atoms with van der Waals surface area (Å²) in [6.07, 6.45) is -10.3. The van der Waals surface area contributed by atoms with Gasteiger partial charge in [0.15, 0.2) is 0 Å². The number of benzene rings is 1. The lowest BCUT2D eigenvalue weighted by molar-refractivity contribution is -0.884. The minimum Gasteiger partial charge on any atom is -0.378 e. The number of alkyl halides is 5. The normalized spacial score (nSPS) is 14.6. The third kappa shape index (κ3) is 7.51. The zero-order valence-electron chi connectivity index (χ0n) is 13.1. The number of nitrogens with zero attached hydrogens (tertiary/aromatic N) is 1. The summed E-state index contributed by atoms with van der Waals surface area (Å²) in [5.41, 5.74) is 1.40. The molecule has 0 bridgehead atoms. The summed E-state index contributed by atoms with van der Waals surface area (Å²) >= 11 is 0. The number of hydrogen-bond acceptors (Lipinski definition) is 3. The summed E-state index contributed by atoms with van der Waals surface area (Å²) in [5, 5.41) is 2.17. The van der Waals surface area contributed by atoms with Crippen LogP contribution in [0.15, 0.2) is 30.3 Å². The van der Waals surface area contributed by atoms with Crippen molar-refractivity contribution in [3.05, 3.63) is 35.9 Å². The van der Waals surface area contributed by atoms with Gasteiger partial charge >= 0.3 is 21.5 Å². The van der Waals surface area contributed by atoms with Crippen molar-refractivity contribution in [1.29, 1.82) is 0 Å². The molecule has 11 heteroatoms. The van der Waals surface area contributed by atoms with Crippen LogP contribution in [0.2, 0.25) is 0 Å². The van der Waals surface area contributed by atoms with Crippen molar-refractivity contribution in [2.24, 2.45) is 0 Å². The van der Waals surface area contributed by atoms with Crippen molar-refractivity contribution in [2.45, 2.75) is 24.1 Å². The van der Waals surface area contributed by atoms with Gasteiger partial charge in [-0.3, -0.25) is 4.55 Å². The summed E-state index contributed by atoms with van der Waals surface area (Å²) in [7, 11) is 0.316. The van der Waals surface area contributed by atoms with E-state index in [4.69, 9.17) is 9.66 Å². The molecule has 2 N–H and O–H groups in total. The van der Waals surface area contributed by atoms with Crippen LogP contribution in [0.3, 0.4) is 0 Å². The maximum atomic E-state index is 12.0. The molecule has 1 aromatic rings. The minimum atomic E-state index is -6.29. The first kappa shape index (κ1) is 22.7. The third-order valence-corrected chi connectivity index (χ3v) is 3.38. The van der Waals surface area contributed by atoms with Crippen molar-refractivity contribution in [2.75, 3.05) is 21.1 Å². The highest BCUT2D eigenvalue weighted by atomic mass is 32.2. The molecule has 0 saturated carbocycles. The lowest BCUT2D eigenvalue weighted by atomic mass is 10.2. The molecule has 140 valence electrons. The molecule has 5 nitrogen and oxygen atoms in total. The van der Waals surface area contributed by atoms with Gasteiger partial charge in [-0.15, -0.1) is 0 Å². The van der Waals surface area contributed by atoms with Crippen LogP contribution in [0.4, 0.5) is 22.0 Å². The van der Waals surface area contributed by atoms with Crippen LogP contribution in [0.25, 0.3) is 0 Å². The van der Waals surface area contributed by atoms with Crippen LogP contribution < -0.4 is 0 Å². The molecular formula is C13H19F5NO4S+.